The van der Waals surface area contributed by atoms with Crippen LogP contribution >= 0.6 is 0 Å². The minimum Gasteiger partial charge on any atom is -0.387 e. The van der Waals surface area contributed by atoms with Gasteiger partial charge >= 0.3 is 0 Å². The van der Waals surface area contributed by atoms with Crippen molar-refractivity contribution in [1.29, 1.82) is 0 Å². The Morgan fingerprint density at radius 3 is 2.30 bits per heavy atom. The van der Waals surface area contributed by atoms with Gasteiger partial charge in [0.25, 0.3) is 0 Å². The minimum atomic E-state index is -0.594. The Kier molecular flexibility index (Phi) is 5.67. The van der Waals surface area contributed by atoms with E-state index in [1.165, 1.54) is 50.9 Å². The normalized spacial score (nSPS) is 24.0. The van der Waals surface area contributed by atoms with Gasteiger partial charge in [0, 0.05) is 18.1 Å². The van der Waals surface area contributed by atoms with Gasteiger partial charge in [-0.3, -0.25) is 0 Å². The van der Waals surface area contributed by atoms with Gasteiger partial charge in [-0.05, 0) is 63.4 Å². The van der Waals surface area contributed by atoms with Crippen molar-refractivity contribution in [1.82, 2.24) is 10.2 Å². The number of benzene rings is 1. The molecule has 2 aliphatic rings. The Labute approximate surface area is 138 Å². The van der Waals surface area contributed by atoms with Gasteiger partial charge in [-0.2, -0.15) is 0 Å². The molecule has 1 saturated heterocycles. The smallest absolute Gasteiger partial charge is 0.123 e. The molecule has 3 nitrogen and oxygen atoms in total. The van der Waals surface area contributed by atoms with Gasteiger partial charge in [0.05, 0.1) is 6.10 Å². The van der Waals surface area contributed by atoms with Gasteiger partial charge in [-0.1, -0.05) is 25.0 Å². The van der Waals surface area contributed by atoms with E-state index in [0.29, 0.717) is 6.04 Å². The molecule has 0 amide bonds. The molecule has 1 aromatic carbocycles. The van der Waals surface area contributed by atoms with Crippen LogP contribution in [0.25, 0.3) is 0 Å². The van der Waals surface area contributed by atoms with Crippen molar-refractivity contribution in [2.45, 2.75) is 69.7 Å². The summed E-state index contributed by atoms with van der Waals surface area (Å²) in [5.74, 6) is -0.263. The third kappa shape index (κ3) is 4.31. The fraction of sp³-hybridized carbons (Fsp3) is 0.684. The summed E-state index contributed by atoms with van der Waals surface area (Å²) in [5, 5.41) is 14.0. The van der Waals surface area contributed by atoms with Crippen LogP contribution in [0, 0.1) is 5.82 Å². The molecule has 1 heterocycles. The lowest BCUT2D eigenvalue weighted by Gasteiger charge is -2.37. The van der Waals surface area contributed by atoms with E-state index < -0.39 is 6.10 Å². The number of aliphatic hydroxyl groups excluding tert-OH is 1. The van der Waals surface area contributed by atoms with Crippen molar-refractivity contribution in [2.24, 2.45) is 0 Å². The highest BCUT2D eigenvalue weighted by atomic mass is 19.1. The first-order chi connectivity index (χ1) is 11.1. The van der Waals surface area contributed by atoms with Crippen molar-refractivity contribution in [3.8, 4) is 0 Å². The highest BCUT2D eigenvalue weighted by Gasteiger charge is 2.28. The fourth-order valence-corrected chi connectivity index (χ4v) is 4.11. The SMILES string of the molecule is C[C@@H](NC1CCN(C2CCCC2)CC1)[C@@H](O)c1ccc(F)cc1. The average molecular weight is 320 g/mol. The van der Waals surface area contributed by atoms with Crippen LogP contribution in [-0.2, 0) is 0 Å². The number of nitrogens with zero attached hydrogens (tertiary/aromatic N) is 1. The Morgan fingerprint density at radius 2 is 1.70 bits per heavy atom. The fourth-order valence-electron chi connectivity index (χ4n) is 4.11. The van der Waals surface area contributed by atoms with E-state index in [0.717, 1.165) is 24.4 Å². The standard InChI is InChI=1S/C19H29FN2O/c1-14(19(23)15-6-8-16(20)9-7-15)21-17-10-12-22(13-11-17)18-4-2-3-5-18/h6-9,14,17-19,21,23H,2-5,10-13H2,1H3/t14-,19-/m1/s1. The van der Waals surface area contributed by atoms with Crippen molar-refractivity contribution < 1.29 is 9.50 Å². The summed E-state index contributed by atoms with van der Waals surface area (Å²) in [6.07, 6.45) is 7.24. The van der Waals surface area contributed by atoms with E-state index >= 15 is 0 Å². The molecule has 0 bridgehead atoms. The topological polar surface area (TPSA) is 35.5 Å². The molecule has 128 valence electrons. The monoisotopic (exact) mass is 320 g/mol. The molecule has 1 saturated carbocycles. The summed E-state index contributed by atoms with van der Waals surface area (Å²) in [7, 11) is 0. The molecular weight excluding hydrogens is 291 g/mol. The van der Waals surface area contributed by atoms with Crippen LogP contribution < -0.4 is 5.32 Å². The number of piperidine rings is 1. The first-order valence-corrected chi connectivity index (χ1v) is 9.07. The second kappa shape index (κ2) is 7.73. The highest BCUT2D eigenvalue weighted by molar-refractivity contribution is 5.19. The summed E-state index contributed by atoms with van der Waals surface area (Å²) in [6.45, 7) is 4.35. The predicted molar refractivity (Wildman–Crippen MR) is 90.8 cm³/mol. The maximum atomic E-state index is 13.0. The Bertz CT molecular complexity index is 479. The van der Waals surface area contributed by atoms with Crippen molar-refractivity contribution in [3.05, 3.63) is 35.6 Å². The van der Waals surface area contributed by atoms with Crippen molar-refractivity contribution in [2.75, 3.05) is 13.1 Å². The third-order valence-electron chi connectivity index (χ3n) is 5.55. The molecule has 2 N–H and O–H groups in total. The Hall–Kier alpha value is -0.970. The molecule has 0 radical (unpaired) electrons. The van der Waals surface area contributed by atoms with E-state index in [-0.39, 0.29) is 11.9 Å². The zero-order valence-corrected chi connectivity index (χ0v) is 14.0. The van der Waals surface area contributed by atoms with E-state index in [1.54, 1.807) is 12.1 Å². The van der Waals surface area contributed by atoms with E-state index in [4.69, 9.17) is 0 Å². The number of nitrogens with one attached hydrogen (secondary N) is 1. The second-order valence-corrected chi connectivity index (χ2v) is 7.20. The molecule has 3 rings (SSSR count). The molecule has 0 aromatic heterocycles. The molecule has 1 aromatic rings. The van der Waals surface area contributed by atoms with Gasteiger partial charge in [0.2, 0.25) is 0 Å². The molecule has 0 spiro atoms. The first-order valence-electron chi connectivity index (χ1n) is 9.07. The lowest BCUT2D eigenvalue weighted by Crippen LogP contribution is -2.49. The lowest BCUT2D eigenvalue weighted by molar-refractivity contribution is 0.104. The summed E-state index contributed by atoms with van der Waals surface area (Å²) < 4.78 is 13.0. The van der Waals surface area contributed by atoms with Gasteiger partial charge in [-0.25, -0.2) is 4.39 Å². The second-order valence-electron chi connectivity index (χ2n) is 7.20. The van der Waals surface area contributed by atoms with Crippen LogP contribution in [0.2, 0.25) is 0 Å². The molecule has 1 aliphatic carbocycles. The highest BCUT2D eigenvalue weighted by Crippen LogP contribution is 2.26. The first kappa shape index (κ1) is 16.9. The maximum absolute atomic E-state index is 13.0. The van der Waals surface area contributed by atoms with Crippen LogP contribution in [0.4, 0.5) is 4.39 Å². The van der Waals surface area contributed by atoms with Crippen LogP contribution in [0.5, 0.6) is 0 Å². The molecule has 2 atom stereocenters. The molecule has 2 fully saturated rings. The number of likely N-dealkylation sites (tertiary alicyclic amines) is 1. The molecular formula is C19H29FN2O. The maximum Gasteiger partial charge on any atom is 0.123 e. The summed E-state index contributed by atoms with van der Waals surface area (Å²) in [6, 6.07) is 7.41. The van der Waals surface area contributed by atoms with Gasteiger partial charge in [-0.15, -0.1) is 0 Å². The number of aliphatic hydroxyl groups is 1. The van der Waals surface area contributed by atoms with Crippen molar-refractivity contribution in [3.63, 3.8) is 0 Å². The van der Waals surface area contributed by atoms with Crippen LogP contribution in [0.3, 0.4) is 0 Å². The van der Waals surface area contributed by atoms with Crippen molar-refractivity contribution >= 4 is 0 Å². The third-order valence-corrected chi connectivity index (χ3v) is 5.55. The van der Waals surface area contributed by atoms with Gasteiger partial charge in [0.15, 0.2) is 0 Å². The van der Waals surface area contributed by atoms with Gasteiger partial charge < -0.3 is 15.3 Å². The summed E-state index contributed by atoms with van der Waals surface area (Å²) >= 11 is 0. The minimum absolute atomic E-state index is 0.0245. The van der Waals surface area contributed by atoms with E-state index in [1.807, 2.05) is 6.92 Å². The quantitative estimate of drug-likeness (QED) is 0.874. The zero-order valence-electron chi connectivity index (χ0n) is 14.0. The average Bonchev–Trinajstić information content (AvgIpc) is 3.10. The largest absolute Gasteiger partial charge is 0.387 e. The molecule has 23 heavy (non-hydrogen) atoms. The number of hydrogen-bond acceptors (Lipinski definition) is 3. The van der Waals surface area contributed by atoms with Crippen LogP contribution in [0.1, 0.15) is 57.1 Å². The predicted octanol–water partition coefficient (Wildman–Crippen LogP) is 3.24. The lowest BCUT2D eigenvalue weighted by atomic mass is 9.98. The van der Waals surface area contributed by atoms with E-state index in [2.05, 4.69) is 10.2 Å². The van der Waals surface area contributed by atoms with Crippen LogP contribution in [0.15, 0.2) is 24.3 Å². The number of rotatable bonds is 5. The summed E-state index contributed by atoms with van der Waals surface area (Å²) in [4.78, 5) is 2.66. The van der Waals surface area contributed by atoms with E-state index in [9.17, 15) is 9.50 Å². The Morgan fingerprint density at radius 1 is 1.09 bits per heavy atom. The molecule has 4 heteroatoms. The summed E-state index contributed by atoms with van der Waals surface area (Å²) in [5.41, 5.74) is 0.773. The number of hydrogen-bond donors (Lipinski definition) is 2. The van der Waals surface area contributed by atoms with Gasteiger partial charge in [0.1, 0.15) is 5.82 Å². The number of halogens is 1. The molecule has 1 aliphatic heterocycles. The molecule has 0 unspecified atom stereocenters. The van der Waals surface area contributed by atoms with Crippen LogP contribution in [-0.4, -0.2) is 41.2 Å². The zero-order chi connectivity index (χ0) is 16.2. The Balaban J connectivity index is 1.46.